The lowest BCUT2D eigenvalue weighted by atomic mass is 10.1. The van der Waals surface area contributed by atoms with Gasteiger partial charge in [-0.05, 0) is 37.2 Å². The second-order valence-corrected chi connectivity index (χ2v) is 7.04. The lowest BCUT2D eigenvalue weighted by Crippen LogP contribution is -2.15. The van der Waals surface area contributed by atoms with Crippen molar-refractivity contribution in [3.05, 3.63) is 52.5 Å². The number of nitrogen functional groups attached to an aromatic ring is 1. The predicted octanol–water partition coefficient (Wildman–Crippen LogP) is 3.59. The Balaban J connectivity index is 1.68. The molecule has 9 heteroatoms. The van der Waals surface area contributed by atoms with Crippen molar-refractivity contribution in [1.82, 2.24) is 19.3 Å². The molecule has 3 heterocycles. The molecule has 0 radical (unpaired) electrons. The number of halogens is 3. The van der Waals surface area contributed by atoms with E-state index in [1.807, 2.05) is 11.3 Å². The summed E-state index contributed by atoms with van der Waals surface area (Å²) in [6.45, 7) is 6.68. The van der Waals surface area contributed by atoms with Crippen molar-refractivity contribution in [2.24, 2.45) is 0 Å². The van der Waals surface area contributed by atoms with E-state index in [0.717, 1.165) is 48.7 Å². The van der Waals surface area contributed by atoms with Crippen LogP contribution in [0.4, 0.5) is 24.7 Å². The van der Waals surface area contributed by atoms with Crippen LogP contribution in [0, 0.1) is 6.92 Å². The van der Waals surface area contributed by atoms with E-state index in [1.165, 1.54) is 0 Å². The molecule has 0 bridgehead atoms. The first-order chi connectivity index (χ1) is 13.3. The summed E-state index contributed by atoms with van der Waals surface area (Å²) >= 11 is 0. The van der Waals surface area contributed by atoms with Gasteiger partial charge in [-0.2, -0.15) is 18.2 Å². The molecular weight excluding hydrogens is 369 g/mol. The number of nitrogens with two attached hydrogens (primary N) is 1. The zero-order valence-electron chi connectivity index (χ0n) is 15.6. The second kappa shape index (κ2) is 6.66. The molecule has 0 saturated heterocycles. The molecule has 0 amide bonds. The van der Waals surface area contributed by atoms with Crippen molar-refractivity contribution in [2.45, 2.75) is 39.7 Å². The zero-order chi connectivity index (χ0) is 20.1. The summed E-state index contributed by atoms with van der Waals surface area (Å²) in [5, 5.41) is 3.20. The Morgan fingerprint density at radius 2 is 2.00 bits per heavy atom. The molecule has 3 N–H and O–H groups in total. The largest absolute Gasteiger partial charge is 0.416 e. The van der Waals surface area contributed by atoms with Crippen LogP contribution < -0.4 is 11.1 Å². The normalized spacial score (nSPS) is 14.6. The van der Waals surface area contributed by atoms with Crippen molar-refractivity contribution in [1.29, 1.82) is 0 Å². The number of rotatable bonds is 4. The van der Waals surface area contributed by atoms with Gasteiger partial charge in [-0.25, -0.2) is 4.98 Å². The standard InChI is InChI=1S/C19H21F3N6/c1-3-27-9-15-16(10-27)28-11(2)7-25-18(28)26-17(15)24-8-12-4-13(19(20,21)22)6-14(23)5-12/h4-7H,3,8-10,23H2,1-2H3,(H,24,25,26). The zero-order valence-corrected chi connectivity index (χ0v) is 15.6. The summed E-state index contributed by atoms with van der Waals surface area (Å²) in [7, 11) is 0. The van der Waals surface area contributed by atoms with Gasteiger partial charge in [0.25, 0.3) is 0 Å². The third-order valence-electron chi connectivity index (χ3n) is 5.04. The maximum absolute atomic E-state index is 13.0. The molecule has 6 nitrogen and oxygen atoms in total. The van der Waals surface area contributed by atoms with E-state index >= 15 is 0 Å². The van der Waals surface area contributed by atoms with E-state index in [0.29, 0.717) is 17.2 Å². The summed E-state index contributed by atoms with van der Waals surface area (Å²) < 4.78 is 41.2. The van der Waals surface area contributed by atoms with Crippen LogP contribution in [0.15, 0.2) is 24.4 Å². The number of benzene rings is 1. The van der Waals surface area contributed by atoms with E-state index in [4.69, 9.17) is 5.73 Å². The van der Waals surface area contributed by atoms with Crippen molar-refractivity contribution >= 4 is 17.3 Å². The van der Waals surface area contributed by atoms with Gasteiger partial charge >= 0.3 is 6.18 Å². The fourth-order valence-corrected chi connectivity index (χ4v) is 3.64. The lowest BCUT2D eigenvalue weighted by molar-refractivity contribution is -0.137. The fraction of sp³-hybridized carbons (Fsp3) is 0.368. The molecule has 0 aliphatic carbocycles. The molecular formula is C19H21F3N6. The SMILES string of the molecule is CCN1Cc2c(NCc3cc(N)cc(C(F)(F)F)c3)nc3ncc(C)n3c2C1. The summed E-state index contributed by atoms with van der Waals surface area (Å²) in [6, 6.07) is 3.59. The third kappa shape index (κ3) is 3.26. The monoisotopic (exact) mass is 390 g/mol. The molecule has 1 aliphatic rings. The smallest absolute Gasteiger partial charge is 0.399 e. The van der Waals surface area contributed by atoms with Crippen LogP contribution in [-0.4, -0.2) is 25.8 Å². The van der Waals surface area contributed by atoms with Gasteiger partial charge in [-0.1, -0.05) is 6.92 Å². The van der Waals surface area contributed by atoms with Crippen LogP contribution in [0.5, 0.6) is 0 Å². The number of fused-ring (bicyclic) bond motifs is 3. The maximum Gasteiger partial charge on any atom is 0.416 e. The number of nitrogens with one attached hydrogen (secondary N) is 1. The molecule has 28 heavy (non-hydrogen) atoms. The minimum Gasteiger partial charge on any atom is -0.399 e. The van der Waals surface area contributed by atoms with Crippen LogP contribution in [0.25, 0.3) is 5.78 Å². The highest BCUT2D eigenvalue weighted by molar-refractivity contribution is 5.56. The minimum absolute atomic E-state index is 0.0845. The van der Waals surface area contributed by atoms with Gasteiger partial charge < -0.3 is 11.1 Å². The molecule has 1 aliphatic heterocycles. The fourth-order valence-electron chi connectivity index (χ4n) is 3.64. The van der Waals surface area contributed by atoms with Crippen molar-refractivity contribution in [3.8, 4) is 0 Å². The highest BCUT2D eigenvalue weighted by Gasteiger charge is 2.31. The van der Waals surface area contributed by atoms with Gasteiger partial charge in [0.1, 0.15) is 5.82 Å². The van der Waals surface area contributed by atoms with E-state index in [2.05, 4.69) is 27.1 Å². The summed E-state index contributed by atoms with van der Waals surface area (Å²) in [5.74, 6) is 1.24. The number of hydrogen-bond acceptors (Lipinski definition) is 5. The van der Waals surface area contributed by atoms with Crippen LogP contribution in [0.3, 0.4) is 0 Å². The number of hydrogen-bond donors (Lipinski definition) is 2. The van der Waals surface area contributed by atoms with Gasteiger partial charge in [-0.15, -0.1) is 0 Å². The van der Waals surface area contributed by atoms with Crippen LogP contribution in [-0.2, 0) is 25.8 Å². The summed E-state index contributed by atoms with van der Waals surface area (Å²) in [4.78, 5) is 11.2. The first-order valence-corrected chi connectivity index (χ1v) is 9.05. The van der Waals surface area contributed by atoms with Crippen molar-refractivity contribution in [3.63, 3.8) is 0 Å². The molecule has 4 rings (SSSR count). The van der Waals surface area contributed by atoms with Crippen LogP contribution >= 0.6 is 0 Å². The van der Waals surface area contributed by atoms with Gasteiger partial charge in [-0.3, -0.25) is 9.30 Å². The van der Waals surface area contributed by atoms with E-state index < -0.39 is 11.7 Å². The topological polar surface area (TPSA) is 71.5 Å². The molecule has 3 aromatic rings. The number of aryl methyl sites for hydroxylation is 1. The van der Waals surface area contributed by atoms with Crippen LogP contribution in [0.1, 0.15) is 35.0 Å². The van der Waals surface area contributed by atoms with E-state index in [-0.39, 0.29) is 12.2 Å². The number of nitrogens with zero attached hydrogens (tertiary/aromatic N) is 4. The number of imidazole rings is 1. The molecule has 0 atom stereocenters. The molecule has 0 spiro atoms. The quantitative estimate of drug-likeness (QED) is 0.667. The molecule has 148 valence electrons. The van der Waals surface area contributed by atoms with Gasteiger partial charge in [0.05, 0.1) is 11.8 Å². The molecule has 0 unspecified atom stereocenters. The lowest BCUT2D eigenvalue weighted by Gasteiger charge is -2.14. The Hall–Kier alpha value is -2.81. The van der Waals surface area contributed by atoms with Gasteiger partial charge in [0.15, 0.2) is 0 Å². The molecule has 1 aromatic carbocycles. The van der Waals surface area contributed by atoms with E-state index in [1.54, 1.807) is 12.3 Å². The van der Waals surface area contributed by atoms with Gasteiger partial charge in [0.2, 0.25) is 5.78 Å². The maximum atomic E-state index is 13.0. The Bertz CT molecular complexity index is 1040. The second-order valence-electron chi connectivity index (χ2n) is 7.04. The number of alkyl halides is 3. The number of anilines is 2. The van der Waals surface area contributed by atoms with Crippen molar-refractivity contribution in [2.75, 3.05) is 17.6 Å². The molecule has 0 fully saturated rings. The first kappa shape index (κ1) is 18.5. The summed E-state index contributed by atoms with van der Waals surface area (Å²) in [5.41, 5.74) is 8.63. The minimum atomic E-state index is -4.43. The van der Waals surface area contributed by atoms with Crippen molar-refractivity contribution < 1.29 is 13.2 Å². The average Bonchev–Trinajstić information content (AvgIpc) is 3.22. The Kier molecular flexibility index (Phi) is 4.41. The number of aromatic nitrogens is 3. The van der Waals surface area contributed by atoms with Gasteiger partial charge in [0, 0.05) is 42.3 Å². The van der Waals surface area contributed by atoms with Crippen LogP contribution in [0.2, 0.25) is 0 Å². The highest BCUT2D eigenvalue weighted by Crippen LogP contribution is 2.32. The molecule has 2 aromatic heterocycles. The van der Waals surface area contributed by atoms with E-state index in [9.17, 15) is 13.2 Å². The Labute approximate surface area is 160 Å². The highest BCUT2D eigenvalue weighted by atomic mass is 19.4. The average molecular weight is 390 g/mol. The predicted molar refractivity (Wildman–Crippen MR) is 101 cm³/mol. The summed E-state index contributed by atoms with van der Waals surface area (Å²) in [6.07, 6.45) is -2.66. The molecule has 0 saturated carbocycles. The Morgan fingerprint density at radius 3 is 2.71 bits per heavy atom. The third-order valence-corrected chi connectivity index (χ3v) is 5.04. The Morgan fingerprint density at radius 1 is 1.21 bits per heavy atom. The first-order valence-electron chi connectivity index (χ1n) is 9.05.